The summed E-state index contributed by atoms with van der Waals surface area (Å²) in [5.41, 5.74) is -0.267. The fourth-order valence-corrected chi connectivity index (χ4v) is 3.32. The molecule has 4 heteroatoms. The minimum Gasteiger partial charge on any atom is -0.254 e. The number of benzene rings is 1. The highest BCUT2D eigenvalue weighted by atomic mass is 79.9. The van der Waals surface area contributed by atoms with E-state index in [-0.39, 0.29) is 5.41 Å². The molecule has 0 spiro atoms. The van der Waals surface area contributed by atoms with E-state index in [4.69, 9.17) is 5.26 Å². The maximum absolute atomic E-state index is 12.0. The highest BCUT2D eigenvalue weighted by Gasteiger charge is 2.15. The van der Waals surface area contributed by atoms with E-state index >= 15 is 0 Å². The van der Waals surface area contributed by atoms with Gasteiger partial charge in [0.25, 0.3) is 0 Å². The van der Waals surface area contributed by atoms with Crippen LogP contribution in [-0.2, 0) is 10.8 Å². The largest absolute Gasteiger partial charge is 0.254 e. The molecule has 0 aliphatic rings. The van der Waals surface area contributed by atoms with Gasteiger partial charge in [-0.25, -0.2) is 0 Å². The molecule has 0 radical (unpaired) electrons. The third-order valence-corrected chi connectivity index (χ3v) is 4.68. The highest BCUT2D eigenvalue weighted by molar-refractivity contribution is 9.10. The molecule has 1 aromatic carbocycles. The summed E-state index contributed by atoms with van der Waals surface area (Å²) in [6, 6.07) is 9.90. The molecule has 0 aromatic heterocycles. The lowest BCUT2D eigenvalue weighted by Gasteiger charge is -2.14. The van der Waals surface area contributed by atoms with E-state index in [2.05, 4.69) is 22.0 Å². The molecule has 0 N–H and O–H groups in total. The Balaban J connectivity index is 2.37. The van der Waals surface area contributed by atoms with Gasteiger partial charge in [-0.15, -0.1) is 0 Å². The first-order chi connectivity index (χ1) is 8.44. The monoisotopic (exact) mass is 327 g/mol. The van der Waals surface area contributed by atoms with Crippen LogP contribution in [0.1, 0.15) is 33.1 Å². The Morgan fingerprint density at radius 2 is 2.11 bits per heavy atom. The minimum absolute atomic E-state index is 0.267. The first kappa shape index (κ1) is 15.4. The fourth-order valence-electron chi connectivity index (χ4n) is 1.58. The Morgan fingerprint density at radius 3 is 2.72 bits per heavy atom. The molecule has 0 fully saturated rings. The average molecular weight is 328 g/mol. The number of nitriles is 1. The van der Waals surface area contributed by atoms with Crippen LogP contribution in [0, 0.1) is 16.7 Å². The Kier molecular flexibility index (Phi) is 6.04. The Labute approximate surface area is 120 Å². The lowest BCUT2D eigenvalue weighted by atomic mass is 9.89. The van der Waals surface area contributed by atoms with Gasteiger partial charge in [-0.1, -0.05) is 28.4 Å². The number of halogens is 1. The molecule has 1 aromatic rings. The van der Waals surface area contributed by atoms with E-state index < -0.39 is 10.8 Å². The van der Waals surface area contributed by atoms with Crippen LogP contribution < -0.4 is 0 Å². The second kappa shape index (κ2) is 7.06. The third kappa shape index (κ3) is 5.32. The zero-order valence-electron chi connectivity index (χ0n) is 10.8. The molecule has 1 unspecified atom stereocenters. The van der Waals surface area contributed by atoms with Crippen LogP contribution in [0.15, 0.2) is 33.6 Å². The molecule has 0 heterocycles. The summed E-state index contributed by atoms with van der Waals surface area (Å²) >= 11 is 3.38. The molecular weight excluding hydrogens is 310 g/mol. The van der Waals surface area contributed by atoms with Crippen molar-refractivity contribution in [1.29, 1.82) is 5.26 Å². The van der Waals surface area contributed by atoms with Crippen molar-refractivity contribution >= 4 is 26.7 Å². The van der Waals surface area contributed by atoms with Crippen molar-refractivity contribution in [2.24, 2.45) is 5.41 Å². The van der Waals surface area contributed by atoms with Gasteiger partial charge < -0.3 is 0 Å². The number of nitrogens with zero attached hydrogens (tertiary/aromatic N) is 1. The van der Waals surface area contributed by atoms with Crippen LogP contribution in [0.3, 0.4) is 0 Å². The van der Waals surface area contributed by atoms with E-state index in [0.29, 0.717) is 5.75 Å². The van der Waals surface area contributed by atoms with Crippen LogP contribution in [-0.4, -0.2) is 9.96 Å². The first-order valence-electron chi connectivity index (χ1n) is 6.00. The van der Waals surface area contributed by atoms with Crippen LogP contribution >= 0.6 is 15.9 Å². The van der Waals surface area contributed by atoms with Crippen LogP contribution in [0.2, 0.25) is 0 Å². The third-order valence-electron chi connectivity index (χ3n) is 2.74. The van der Waals surface area contributed by atoms with Crippen molar-refractivity contribution in [1.82, 2.24) is 0 Å². The summed E-state index contributed by atoms with van der Waals surface area (Å²) in [5.74, 6) is 0.665. The zero-order chi connectivity index (χ0) is 13.6. The smallest absolute Gasteiger partial charge is 0.0683 e. The maximum atomic E-state index is 12.0. The summed E-state index contributed by atoms with van der Waals surface area (Å²) in [6.45, 7) is 3.89. The summed E-state index contributed by atoms with van der Waals surface area (Å²) in [7, 11) is -0.937. The van der Waals surface area contributed by atoms with Crippen LogP contribution in [0.4, 0.5) is 0 Å². The molecule has 98 valence electrons. The molecule has 0 saturated heterocycles. The van der Waals surface area contributed by atoms with Crippen molar-refractivity contribution in [2.45, 2.75) is 38.0 Å². The first-order valence-corrected chi connectivity index (χ1v) is 8.11. The molecule has 2 nitrogen and oxygen atoms in total. The molecule has 0 saturated carbocycles. The molecular formula is C14H18BrNOS. The normalized spacial score (nSPS) is 13.0. The second-order valence-electron chi connectivity index (χ2n) is 4.96. The minimum atomic E-state index is -0.937. The van der Waals surface area contributed by atoms with E-state index in [0.717, 1.165) is 28.6 Å². The number of rotatable bonds is 6. The van der Waals surface area contributed by atoms with Gasteiger partial charge in [0.1, 0.15) is 0 Å². The van der Waals surface area contributed by atoms with Crippen molar-refractivity contribution < 1.29 is 4.21 Å². The van der Waals surface area contributed by atoms with E-state index in [1.165, 1.54) is 0 Å². The van der Waals surface area contributed by atoms with Crippen LogP contribution in [0.5, 0.6) is 0 Å². The molecule has 0 aliphatic heterocycles. The Hall–Kier alpha value is -0.660. The zero-order valence-corrected chi connectivity index (χ0v) is 13.2. The topological polar surface area (TPSA) is 40.9 Å². The van der Waals surface area contributed by atoms with Gasteiger partial charge in [-0.3, -0.25) is 4.21 Å². The second-order valence-corrected chi connectivity index (χ2v) is 7.45. The quantitative estimate of drug-likeness (QED) is 0.732. The van der Waals surface area contributed by atoms with Gasteiger partial charge >= 0.3 is 0 Å². The summed E-state index contributed by atoms with van der Waals surface area (Å²) in [5, 5.41) is 8.90. The van der Waals surface area contributed by atoms with Gasteiger partial charge in [-0.2, -0.15) is 5.26 Å². The van der Waals surface area contributed by atoms with Gasteiger partial charge in [0.2, 0.25) is 0 Å². The summed E-state index contributed by atoms with van der Waals surface area (Å²) in [6.07, 6.45) is 2.70. The Bertz CT molecular complexity index is 465. The van der Waals surface area contributed by atoms with Gasteiger partial charge in [0.15, 0.2) is 0 Å². The van der Waals surface area contributed by atoms with Gasteiger partial charge in [0, 0.05) is 15.1 Å². The fraction of sp³-hybridized carbons (Fsp3) is 0.500. The summed E-state index contributed by atoms with van der Waals surface area (Å²) < 4.78 is 13.0. The number of unbranched alkanes of at least 4 members (excludes halogenated alkanes) is 1. The molecule has 0 bridgehead atoms. The summed E-state index contributed by atoms with van der Waals surface area (Å²) in [4.78, 5) is 0.865. The predicted octanol–water partition coefficient (Wildman–Crippen LogP) is 4.28. The lowest BCUT2D eigenvalue weighted by Crippen LogP contribution is -2.08. The van der Waals surface area contributed by atoms with Crippen molar-refractivity contribution in [3.05, 3.63) is 28.7 Å². The molecule has 0 amide bonds. The van der Waals surface area contributed by atoms with Gasteiger partial charge in [-0.05, 0) is 44.9 Å². The highest BCUT2D eigenvalue weighted by Crippen LogP contribution is 2.22. The van der Waals surface area contributed by atoms with Gasteiger partial charge in [0.05, 0.1) is 22.3 Å². The predicted molar refractivity (Wildman–Crippen MR) is 78.7 cm³/mol. The molecule has 18 heavy (non-hydrogen) atoms. The van der Waals surface area contributed by atoms with E-state index in [1.807, 2.05) is 38.1 Å². The van der Waals surface area contributed by atoms with E-state index in [1.54, 1.807) is 0 Å². The maximum Gasteiger partial charge on any atom is 0.0683 e. The number of hydrogen-bond donors (Lipinski definition) is 0. The standard InChI is InChI=1S/C14H18BrNOS/c1-14(2,11-16)8-3-4-9-18(17)13-7-5-6-12(15)10-13/h5-7,10H,3-4,8-9H2,1-2H3. The molecule has 1 rings (SSSR count). The molecule has 0 aliphatic carbocycles. The molecule has 1 atom stereocenters. The SMILES string of the molecule is CC(C)(C#N)CCCCS(=O)c1cccc(Br)c1. The van der Waals surface area contributed by atoms with E-state index in [9.17, 15) is 4.21 Å². The van der Waals surface area contributed by atoms with Crippen LogP contribution in [0.25, 0.3) is 0 Å². The lowest BCUT2D eigenvalue weighted by molar-refractivity contribution is 0.432. The number of hydrogen-bond acceptors (Lipinski definition) is 2. The average Bonchev–Trinajstić information content (AvgIpc) is 2.34. The van der Waals surface area contributed by atoms with Crippen molar-refractivity contribution in [3.8, 4) is 6.07 Å². The Morgan fingerprint density at radius 1 is 1.39 bits per heavy atom. The van der Waals surface area contributed by atoms with Crippen molar-refractivity contribution in [2.75, 3.05) is 5.75 Å². The van der Waals surface area contributed by atoms with Crippen molar-refractivity contribution in [3.63, 3.8) is 0 Å².